The Morgan fingerprint density at radius 3 is 2.14 bits per heavy atom. The van der Waals surface area contributed by atoms with Gasteiger partial charge in [-0.2, -0.15) is 0 Å². The molecule has 0 radical (unpaired) electrons. The van der Waals surface area contributed by atoms with Gasteiger partial charge in [-0.3, -0.25) is 4.79 Å². The van der Waals surface area contributed by atoms with Crippen LogP contribution < -0.4 is 0 Å². The van der Waals surface area contributed by atoms with Crippen molar-refractivity contribution in [3.05, 3.63) is 29.8 Å². The van der Waals surface area contributed by atoms with E-state index in [1.807, 2.05) is 12.1 Å². The summed E-state index contributed by atoms with van der Waals surface area (Å²) in [6.07, 6.45) is 12.2. The lowest BCUT2D eigenvalue weighted by atomic mass is 9.53. The maximum atomic E-state index is 13.7. The van der Waals surface area contributed by atoms with Crippen LogP contribution in [0.25, 0.3) is 0 Å². The summed E-state index contributed by atoms with van der Waals surface area (Å²) in [5.74, 6) is 3.18. The van der Waals surface area contributed by atoms with Gasteiger partial charge in [0.2, 0.25) is 0 Å². The largest absolute Gasteiger partial charge is 0.508 e. The first-order valence-corrected chi connectivity index (χ1v) is 14.5. The molecule has 0 spiro atoms. The Hall–Kier alpha value is -1.51. The van der Waals surface area contributed by atoms with E-state index < -0.39 is 5.41 Å². The minimum atomic E-state index is -0.488. The molecule has 2 aliphatic rings. The third-order valence-corrected chi connectivity index (χ3v) is 9.91. The summed E-state index contributed by atoms with van der Waals surface area (Å²) in [7, 11) is 0. The van der Waals surface area contributed by atoms with E-state index >= 15 is 0 Å². The highest BCUT2D eigenvalue weighted by atomic mass is 16.6. The van der Waals surface area contributed by atoms with E-state index in [0.717, 1.165) is 56.3 Å². The van der Waals surface area contributed by atoms with Crippen LogP contribution in [0.1, 0.15) is 131 Å². The SMILES string of the molecule is CCC(CCCC(C)(C)C(=O)OC(CC)(CC)C1(C)CC2CC(C)CC(C2)C1)c1ccc(O)cc1. The second-order valence-corrected chi connectivity index (χ2v) is 13.1. The summed E-state index contributed by atoms with van der Waals surface area (Å²) >= 11 is 0. The molecule has 0 aromatic heterocycles. The molecule has 1 aromatic rings. The van der Waals surface area contributed by atoms with Crippen molar-refractivity contribution in [2.24, 2.45) is 28.6 Å². The Balaban J connectivity index is 1.65. The van der Waals surface area contributed by atoms with Crippen molar-refractivity contribution in [3.63, 3.8) is 0 Å². The molecule has 2 bridgehead atoms. The number of hydrogen-bond donors (Lipinski definition) is 1. The van der Waals surface area contributed by atoms with Crippen molar-refractivity contribution < 1.29 is 14.6 Å². The molecule has 0 amide bonds. The Bertz CT molecular complexity index is 802. The zero-order valence-corrected chi connectivity index (χ0v) is 23.7. The highest BCUT2D eigenvalue weighted by Crippen LogP contribution is 2.57. The molecule has 0 heterocycles. The highest BCUT2D eigenvalue weighted by molar-refractivity contribution is 5.76. The van der Waals surface area contributed by atoms with Crippen LogP contribution in [0.15, 0.2) is 24.3 Å². The van der Waals surface area contributed by atoms with Crippen molar-refractivity contribution in [2.75, 3.05) is 0 Å². The van der Waals surface area contributed by atoms with Crippen LogP contribution in [-0.2, 0) is 9.53 Å². The lowest BCUT2D eigenvalue weighted by Crippen LogP contribution is -2.55. The number of rotatable bonds is 11. The number of fused-ring (bicyclic) bond motifs is 2. The molecule has 2 aliphatic carbocycles. The summed E-state index contributed by atoms with van der Waals surface area (Å²) in [5, 5.41) is 9.61. The quantitative estimate of drug-likeness (QED) is 0.319. The van der Waals surface area contributed by atoms with Crippen LogP contribution >= 0.6 is 0 Å². The standard InChI is InChI=1S/C32H52O3/c1-8-26(27-13-15-28(33)16-14-27)12-11-17-30(5,6)29(34)35-32(9-2,10-3)31(7)21-24-18-23(4)19-25(20-24)22-31/h13-16,23-26,33H,8-12,17-22H2,1-7H3. The van der Waals surface area contributed by atoms with Crippen LogP contribution in [-0.4, -0.2) is 16.7 Å². The molecule has 0 saturated heterocycles. The van der Waals surface area contributed by atoms with E-state index in [9.17, 15) is 9.90 Å². The summed E-state index contributed by atoms with van der Waals surface area (Å²) < 4.78 is 6.65. The fourth-order valence-electron chi connectivity index (χ4n) is 7.89. The average Bonchev–Trinajstić information content (AvgIpc) is 2.79. The molecule has 2 fully saturated rings. The van der Waals surface area contributed by atoms with Crippen LogP contribution in [0.2, 0.25) is 0 Å². The van der Waals surface area contributed by atoms with Crippen molar-refractivity contribution in [2.45, 2.75) is 131 Å². The maximum Gasteiger partial charge on any atom is 0.312 e. The molecule has 35 heavy (non-hydrogen) atoms. The number of ether oxygens (including phenoxy) is 1. The summed E-state index contributed by atoms with van der Waals surface area (Å²) in [6.45, 7) is 15.7. The van der Waals surface area contributed by atoms with Crippen LogP contribution in [0.5, 0.6) is 5.75 Å². The van der Waals surface area contributed by atoms with Crippen LogP contribution in [0.4, 0.5) is 0 Å². The molecule has 1 N–H and O–H groups in total. The van der Waals surface area contributed by atoms with E-state index in [1.54, 1.807) is 12.1 Å². The number of phenols is 1. The van der Waals surface area contributed by atoms with Gasteiger partial charge >= 0.3 is 5.97 Å². The lowest BCUT2D eigenvalue weighted by Gasteiger charge is -2.56. The van der Waals surface area contributed by atoms with Crippen molar-refractivity contribution in [1.82, 2.24) is 0 Å². The third-order valence-electron chi connectivity index (χ3n) is 9.91. The number of hydrogen-bond acceptors (Lipinski definition) is 3. The van der Waals surface area contributed by atoms with Gasteiger partial charge in [0.25, 0.3) is 0 Å². The zero-order valence-electron chi connectivity index (χ0n) is 23.7. The Labute approximate surface area is 215 Å². The Morgan fingerprint density at radius 1 is 1.06 bits per heavy atom. The zero-order chi connectivity index (χ0) is 25.9. The number of carbonyl (C=O) groups excluding carboxylic acids is 1. The highest BCUT2D eigenvalue weighted by Gasteiger charge is 2.54. The van der Waals surface area contributed by atoms with Crippen LogP contribution in [0, 0.1) is 28.6 Å². The van der Waals surface area contributed by atoms with Gasteiger partial charge in [0, 0.05) is 5.41 Å². The van der Waals surface area contributed by atoms with E-state index in [4.69, 9.17) is 4.74 Å². The van der Waals surface area contributed by atoms with Gasteiger partial charge in [-0.15, -0.1) is 0 Å². The fraction of sp³-hybridized carbons (Fsp3) is 0.781. The molecule has 3 unspecified atom stereocenters. The maximum absolute atomic E-state index is 13.7. The van der Waals surface area contributed by atoms with Gasteiger partial charge in [0.1, 0.15) is 11.4 Å². The van der Waals surface area contributed by atoms with E-state index in [2.05, 4.69) is 48.5 Å². The monoisotopic (exact) mass is 484 g/mol. The molecule has 3 rings (SSSR count). The van der Waals surface area contributed by atoms with Crippen molar-refractivity contribution >= 4 is 5.97 Å². The summed E-state index contributed by atoms with van der Waals surface area (Å²) in [6, 6.07) is 7.60. The normalized spacial score (nSPS) is 27.9. The van der Waals surface area contributed by atoms with E-state index in [-0.39, 0.29) is 17.0 Å². The van der Waals surface area contributed by atoms with E-state index in [1.165, 1.54) is 37.7 Å². The van der Waals surface area contributed by atoms with Gasteiger partial charge in [-0.25, -0.2) is 0 Å². The molecule has 2 saturated carbocycles. The van der Waals surface area contributed by atoms with Crippen molar-refractivity contribution in [3.8, 4) is 5.75 Å². The van der Waals surface area contributed by atoms with Gasteiger partial charge in [0.15, 0.2) is 0 Å². The van der Waals surface area contributed by atoms with Crippen molar-refractivity contribution in [1.29, 1.82) is 0 Å². The first-order valence-electron chi connectivity index (χ1n) is 14.5. The Morgan fingerprint density at radius 2 is 1.63 bits per heavy atom. The smallest absolute Gasteiger partial charge is 0.312 e. The molecular weight excluding hydrogens is 432 g/mol. The van der Waals surface area contributed by atoms with Crippen LogP contribution in [0.3, 0.4) is 0 Å². The predicted octanol–water partition coefficient (Wildman–Crippen LogP) is 9.04. The number of esters is 1. The molecule has 3 atom stereocenters. The molecule has 1 aromatic carbocycles. The lowest BCUT2D eigenvalue weighted by molar-refractivity contribution is -0.199. The molecule has 3 nitrogen and oxygen atoms in total. The molecular formula is C32H52O3. The van der Waals surface area contributed by atoms with Gasteiger partial charge < -0.3 is 9.84 Å². The first kappa shape index (κ1) is 28.1. The summed E-state index contributed by atoms with van der Waals surface area (Å²) in [4.78, 5) is 13.7. The average molecular weight is 485 g/mol. The number of aromatic hydroxyl groups is 1. The number of benzene rings is 1. The molecule has 198 valence electrons. The number of carbonyl (C=O) groups is 1. The summed E-state index contributed by atoms with van der Waals surface area (Å²) in [5.41, 5.74) is 0.490. The van der Waals surface area contributed by atoms with E-state index in [0.29, 0.717) is 11.7 Å². The van der Waals surface area contributed by atoms with Gasteiger partial charge in [-0.05, 0) is 119 Å². The molecule has 3 heteroatoms. The first-order chi connectivity index (χ1) is 16.5. The molecule has 0 aliphatic heterocycles. The van der Waals surface area contributed by atoms with Gasteiger partial charge in [0.05, 0.1) is 5.41 Å². The number of phenolic OH excluding ortho intramolecular Hbond substituents is 1. The fourth-order valence-corrected chi connectivity index (χ4v) is 7.89. The predicted molar refractivity (Wildman–Crippen MR) is 146 cm³/mol. The van der Waals surface area contributed by atoms with Gasteiger partial charge in [-0.1, -0.05) is 53.2 Å². The topological polar surface area (TPSA) is 46.5 Å². The minimum absolute atomic E-state index is 0.00999. The second-order valence-electron chi connectivity index (χ2n) is 13.1. The third kappa shape index (κ3) is 6.25. The Kier molecular flexibility index (Phi) is 9.03. The second kappa shape index (κ2) is 11.3. The minimum Gasteiger partial charge on any atom is -0.508 e.